The highest BCUT2D eigenvalue weighted by Gasteiger charge is 2.21. The zero-order valence-electron chi connectivity index (χ0n) is 19.6. The predicted molar refractivity (Wildman–Crippen MR) is 131 cm³/mol. The van der Waals surface area contributed by atoms with E-state index in [1.165, 1.54) is 11.8 Å². The number of hydrogen-bond donors (Lipinski definition) is 3. The number of nitrogens with one attached hydrogen (secondary N) is 2. The Labute approximate surface area is 191 Å². The van der Waals surface area contributed by atoms with Crippen molar-refractivity contribution in [2.45, 2.75) is 45.6 Å². The van der Waals surface area contributed by atoms with Gasteiger partial charge in [0.25, 0.3) is 0 Å². The van der Waals surface area contributed by atoms with E-state index >= 15 is 0 Å². The van der Waals surface area contributed by atoms with Crippen LogP contribution in [0.5, 0.6) is 0 Å². The summed E-state index contributed by atoms with van der Waals surface area (Å²) >= 11 is 0. The van der Waals surface area contributed by atoms with Gasteiger partial charge in [-0.05, 0) is 61.1 Å². The molecule has 32 heavy (non-hydrogen) atoms. The van der Waals surface area contributed by atoms with Crippen LogP contribution < -0.4 is 15.5 Å². The van der Waals surface area contributed by atoms with Gasteiger partial charge in [0.2, 0.25) is 0 Å². The van der Waals surface area contributed by atoms with Crippen LogP contribution in [0.4, 0.5) is 10.1 Å². The first-order valence-electron chi connectivity index (χ1n) is 11.6. The van der Waals surface area contributed by atoms with Crippen molar-refractivity contribution in [3.63, 3.8) is 0 Å². The molecule has 3 N–H and O–H groups in total. The van der Waals surface area contributed by atoms with E-state index in [1.807, 2.05) is 13.0 Å². The molecule has 0 spiro atoms. The Morgan fingerprint density at radius 3 is 2.47 bits per heavy atom. The fourth-order valence-corrected chi connectivity index (χ4v) is 4.01. The highest BCUT2D eigenvalue weighted by atomic mass is 19.1. The molecule has 0 bridgehead atoms. The Balaban J connectivity index is 1.57. The number of aliphatic hydroxyl groups excluding tert-OH is 1. The minimum Gasteiger partial charge on any atom is -0.396 e. The molecule has 1 fully saturated rings. The number of piperidine rings is 1. The third-order valence-electron chi connectivity index (χ3n) is 6.24. The van der Waals surface area contributed by atoms with Crippen LogP contribution in [0.15, 0.2) is 53.5 Å². The van der Waals surface area contributed by atoms with Crippen molar-refractivity contribution in [3.05, 3.63) is 65.5 Å². The van der Waals surface area contributed by atoms with E-state index in [4.69, 9.17) is 4.99 Å². The quantitative estimate of drug-likeness (QED) is 0.428. The summed E-state index contributed by atoms with van der Waals surface area (Å²) in [5.41, 5.74) is 3.11. The second-order valence-electron chi connectivity index (χ2n) is 9.22. The Morgan fingerprint density at radius 2 is 1.84 bits per heavy atom. The Bertz CT molecular complexity index is 874. The molecule has 0 radical (unpaired) electrons. The molecule has 0 unspecified atom stereocenters. The molecule has 0 atom stereocenters. The summed E-state index contributed by atoms with van der Waals surface area (Å²) in [6, 6.07) is 15.4. The zero-order chi connectivity index (χ0) is 23.0. The van der Waals surface area contributed by atoms with Crippen molar-refractivity contribution in [2.24, 2.45) is 10.9 Å². The van der Waals surface area contributed by atoms with Crippen LogP contribution in [0.25, 0.3) is 0 Å². The van der Waals surface area contributed by atoms with Crippen molar-refractivity contribution >= 4 is 11.6 Å². The van der Waals surface area contributed by atoms with Gasteiger partial charge in [0.05, 0.1) is 6.54 Å². The largest absolute Gasteiger partial charge is 0.396 e. The number of aliphatic hydroxyl groups is 1. The standard InChI is InChI=1S/C26H37FN4O/c1-4-28-25(30-19-26(2,3)22-6-5-7-23(27)16-22)29-17-20-8-10-24(11-9-20)31-14-12-21(18-32)13-15-31/h5-11,16,21,32H,4,12-15,17-19H2,1-3H3,(H2,28,29,30). The van der Waals surface area contributed by atoms with E-state index in [0.29, 0.717) is 25.6 Å². The molecular weight excluding hydrogens is 403 g/mol. The van der Waals surface area contributed by atoms with E-state index < -0.39 is 0 Å². The summed E-state index contributed by atoms with van der Waals surface area (Å²) in [5, 5.41) is 16.0. The number of rotatable bonds is 8. The number of aliphatic imine (C=N–C) groups is 1. The van der Waals surface area contributed by atoms with Gasteiger partial charge in [-0.3, -0.25) is 0 Å². The highest BCUT2D eigenvalue weighted by Crippen LogP contribution is 2.24. The average Bonchev–Trinajstić information content (AvgIpc) is 2.81. The van der Waals surface area contributed by atoms with Gasteiger partial charge in [0.1, 0.15) is 5.82 Å². The second-order valence-corrected chi connectivity index (χ2v) is 9.22. The van der Waals surface area contributed by atoms with Crippen LogP contribution in [-0.2, 0) is 12.0 Å². The normalized spacial score (nSPS) is 15.7. The molecule has 0 saturated carbocycles. The molecule has 1 aliphatic rings. The number of benzene rings is 2. The number of nitrogens with zero attached hydrogens (tertiary/aromatic N) is 2. The minimum absolute atomic E-state index is 0.211. The van der Waals surface area contributed by atoms with Crippen molar-refractivity contribution < 1.29 is 9.50 Å². The molecule has 0 amide bonds. The van der Waals surface area contributed by atoms with Gasteiger partial charge in [-0.25, -0.2) is 9.38 Å². The van der Waals surface area contributed by atoms with Crippen molar-refractivity contribution in [1.29, 1.82) is 0 Å². The SMILES string of the molecule is CCNC(=NCc1ccc(N2CCC(CO)CC2)cc1)NCC(C)(C)c1cccc(F)c1. The lowest BCUT2D eigenvalue weighted by Crippen LogP contribution is -2.43. The molecule has 3 rings (SSSR count). The monoisotopic (exact) mass is 440 g/mol. The Morgan fingerprint density at radius 1 is 1.12 bits per heavy atom. The first-order valence-corrected chi connectivity index (χ1v) is 11.6. The van der Waals surface area contributed by atoms with Gasteiger partial charge in [-0.15, -0.1) is 0 Å². The molecule has 2 aromatic carbocycles. The van der Waals surface area contributed by atoms with Gasteiger partial charge in [0.15, 0.2) is 5.96 Å². The van der Waals surface area contributed by atoms with E-state index in [0.717, 1.165) is 49.6 Å². The first-order chi connectivity index (χ1) is 15.4. The van der Waals surface area contributed by atoms with Gasteiger partial charge >= 0.3 is 0 Å². The van der Waals surface area contributed by atoms with Crippen LogP contribution >= 0.6 is 0 Å². The zero-order valence-corrected chi connectivity index (χ0v) is 19.6. The molecule has 0 aliphatic carbocycles. The lowest BCUT2D eigenvalue weighted by atomic mass is 9.84. The molecule has 1 saturated heterocycles. The Hall–Kier alpha value is -2.60. The molecule has 5 nitrogen and oxygen atoms in total. The number of hydrogen-bond acceptors (Lipinski definition) is 3. The maximum absolute atomic E-state index is 13.6. The number of halogens is 1. The van der Waals surface area contributed by atoms with Crippen molar-refractivity contribution in [1.82, 2.24) is 10.6 Å². The van der Waals surface area contributed by atoms with Gasteiger partial charge in [0, 0.05) is 43.9 Å². The van der Waals surface area contributed by atoms with Crippen LogP contribution in [0.3, 0.4) is 0 Å². The van der Waals surface area contributed by atoms with Crippen LogP contribution in [-0.4, -0.2) is 43.9 Å². The molecule has 6 heteroatoms. The van der Waals surface area contributed by atoms with E-state index in [-0.39, 0.29) is 11.2 Å². The van der Waals surface area contributed by atoms with Crippen molar-refractivity contribution in [3.8, 4) is 0 Å². The van der Waals surface area contributed by atoms with Crippen molar-refractivity contribution in [2.75, 3.05) is 37.7 Å². The molecular formula is C26H37FN4O. The van der Waals surface area contributed by atoms with Gasteiger partial charge < -0.3 is 20.6 Å². The number of anilines is 1. The van der Waals surface area contributed by atoms with E-state index in [2.05, 4.69) is 53.6 Å². The van der Waals surface area contributed by atoms with Crippen LogP contribution in [0, 0.1) is 11.7 Å². The van der Waals surface area contributed by atoms with Gasteiger partial charge in [-0.1, -0.05) is 38.1 Å². The summed E-state index contributed by atoms with van der Waals surface area (Å²) in [4.78, 5) is 7.13. The smallest absolute Gasteiger partial charge is 0.191 e. The topological polar surface area (TPSA) is 59.9 Å². The molecule has 2 aromatic rings. The highest BCUT2D eigenvalue weighted by molar-refractivity contribution is 5.79. The van der Waals surface area contributed by atoms with E-state index in [9.17, 15) is 9.50 Å². The second kappa shape index (κ2) is 11.3. The van der Waals surface area contributed by atoms with E-state index in [1.54, 1.807) is 12.1 Å². The summed E-state index contributed by atoms with van der Waals surface area (Å²) in [6.07, 6.45) is 2.10. The lowest BCUT2D eigenvalue weighted by Gasteiger charge is -2.32. The molecule has 174 valence electrons. The average molecular weight is 441 g/mol. The Kier molecular flexibility index (Phi) is 8.51. The minimum atomic E-state index is -0.233. The van der Waals surface area contributed by atoms with Crippen LogP contribution in [0.2, 0.25) is 0 Å². The maximum Gasteiger partial charge on any atom is 0.191 e. The summed E-state index contributed by atoms with van der Waals surface area (Å²) in [5.74, 6) is 0.993. The van der Waals surface area contributed by atoms with Crippen LogP contribution in [0.1, 0.15) is 44.7 Å². The lowest BCUT2D eigenvalue weighted by molar-refractivity contribution is 0.203. The molecule has 0 aromatic heterocycles. The summed E-state index contributed by atoms with van der Waals surface area (Å²) in [6.45, 7) is 10.5. The molecule has 1 heterocycles. The fraction of sp³-hybridized carbons (Fsp3) is 0.500. The number of guanidine groups is 1. The summed E-state index contributed by atoms with van der Waals surface area (Å²) in [7, 11) is 0. The maximum atomic E-state index is 13.6. The van der Waals surface area contributed by atoms with Gasteiger partial charge in [-0.2, -0.15) is 0 Å². The predicted octanol–water partition coefficient (Wildman–Crippen LogP) is 4.07. The third-order valence-corrected chi connectivity index (χ3v) is 6.24. The molecule has 1 aliphatic heterocycles. The fourth-order valence-electron chi connectivity index (χ4n) is 4.01. The summed E-state index contributed by atoms with van der Waals surface area (Å²) < 4.78 is 13.6. The third kappa shape index (κ3) is 6.70. The first kappa shape index (κ1) is 24.1.